The molecule has 4 nitrogen and oxygen atoms in total. The van der Waals surface area contributed by atoms with Crippen molar-refractivity contribution in [3.05, 3.63) is 44.0 Å². The van der Waals surface area contributed by atoms with Gasteiger partial charge in [-0.3, -0.25) is 4.99 Å². The molecule has 0 radical (unpaired) electrons. The average molecular weight is 403 g/mol. The number of thiophene rings is 1. The summed E-state index contributed by atoms with van der Waals surface area (Å²) in [5.41, 5.74) is 0. The molecule has 0 aliphatic carbocycles. The Kier molecular flexibility index (Phi) is 6.38. The first kappa shape index (κ1) is 15.4. The lowest BCUT2D eigenvalue weighted by Gasteiger charge is -2.10. The molecule has 0 aliphatic rings. The fourth-order valence-electron chi connectivity index (χ4n) is 1.77. The standard InChI is InChI=1S/C14H18IN3OS/c1-16-14(17-8-6-11-3-2-10-19-11)18-9-7-12-4-5-13(15)20-12/h2-5,10H,6-9H2,1H3,(H2,16,17,18). The summed E-state index contributed by atoms with van der Waals surface area (Å²) in [5.74, 6) is 1.82. The van der Waals surface area contributed by atoms with Crippen LogP contribution in [0.5, 0.6) is 0 Å². The highest BCUT2D eigenvalue weighted by Gasteiger charge is 2.01. The molecule has 0 atom stereocenters. The number of guanidine groups is 1. The van der Waals surface area contributed by atoms with Gasteiger partial charge >= 0.3 is 0 Å². The zero-order valence-electron chi connectivity index (χ0n) is 11.4. The summed E-state index contributed by atoms with van der Waals surface area (Å²) < 4.78 is 6.62. The quantitative estimate of drug-likeness (QED) is 0.443. The highest BCUT2D eigenvalue weighted by Crippen LogP contribution is 2.18. The van der Waals surface area contributed by atoms with Gasteiger partial charge in [-0.25, -0.2) is 0 Å². The van der Waals surface area contributed by atoms with E-state index < -0.39 is 0 Å². The predicted octanol–water partition coefficient (Wildman–Crippen LogP) is 2.90. The van der Waals surface area contributed by atoms with Crippen LogP contribution in [0.3, 0.4) is 0 Å². The maximum atomic E-state index is 5.29. The molecule has 0 aliphatic heterocycles. The summed E-state index contributed by atoms with van der Waals surface area (Å²) in [7, 11) is 1.79. The Morgan fingerprint density at radius 2 is 2.05 bits per heavy atom. The van der Waals surface area contributed by atoms with Gasteiger partial charge in [0.25, 0.3) is 0 Å². The van der Waals surface area contributed by atoms with Crippen LogP contribution < -0.4 is 10.6 Å². The van der Waals surface area contributed by atoms with Crippen LogP contribution in [-0.4, -0.2) is 26.1 Å². The predicted molar refractivity (Wildman–Crippen MR) is 92.5 cm³/mol. The zero-order valence-corrected chi connectivity index (χ0v) is 14.3. The van der Waals surface area contributed by atoms with Crippen LogP contribution in [0.1, 0.15) is 10.6 Å². The second kappa shape index (κ2) is 8.31. The Morgan fingerprint density at radius 1 is 1.25 bits per heavy atom. The van der Waals surface area contributed by atoms with E-state index in [0.29, 0.717) is 0 Å². The Bertz CT molecular complexity index is 536. The van der Waals surface area contributed by atoms with Crippen LogP contribution in [0, 0.1) is 2.88 Å². The van der Waals surface area contributed by atoms with Gasteiger partial charge in [-0.15, -0.1) is 11.3 Å². The Labute approximate surface area is 136 Å². The minimum atomic E-state index is 0.810. The molecule has 2 rings (SSSR count). The van der Waals surface area contributed by atoms with Crippen molar-refractivity contribution in [2.75, 3.05) is 20.1 Å². The molecule has 0 saturated heterocycles. The normalized spacial score (nSPS) is 11.6. The van der Waals surface area contributed by atoms with E-state index in [1.165, 1.54) is 7.76 Å². The highest BCUT2D eigenvalue weighted by molar-refractivity contribution is 14.1. The van der Waals surface area contributed by atoms with E-state index in [9.17, 15) is 0 Å². The molecular formula is C14H18IN3OS. The van der Waals surface area contributed by atoms with Gasteiger partial charge in [0.15, 0.2) is 5.96 Å². The van der Waals surface area contributed by atoms with Crippen molar-refractivity contribution < 1.29 is 4.42 Å². The minimum Gasteiger partial charge on any atom is -0.469 e. The molecule has 108 valence electrons. The largest absolute Gasteiger partial charge is 0.469 e. The number of rotatable bonds is 6. The van der Waals surface area contributed by atoms with Crippen LogP contribution in [0.2, 0.25) is 0 Å². The second-order valence-corrected chi connectivity index (χ2v) is 7.27. The molecule has 0 fully saturated rings. The molecule has 2 aromatic heterocycles. The first-order valence-corrected chi connectivity index (χ1v) is 8.38. The number of hydrogen-bond donors (Lipinski definition) is 2. The Balaban J connectivity index is 1.65. The third-order valence-corrected chi connectivity index (χ3v) is 4.71. The van der Waals surface area contributed by atoms with Crippen molar-refractivity contribution in [1.82, 2.24) is 10.6 Å². The van der Waals surface area contributed by atoms with Gasteiger partial charge in [-0.1, -0.05) is 0 Å². The molecule has 0 unspecified atom stereocenters. The van der Waals surface area contributed by atoms with Crippen molar-refractivity contribution in [3.63, 3.8) is 0 Å². The molecule has 20 heavy (non-hydrogen) atoms. The average Bonchev–Trinajstić information content (AvgIpc) is 3.09. The van der Waals surface area contributed by atoms with Crippen molar-refractivity contribution in [3.8, 4) is 0 Å². The first-order chi connectivity index (χ1) is 9.78. The summed E-state index contributed by atoms with van der Waals surface area (Å²) in [6.07, 6.45) is 3.58. The lowest BCUT2D eigenvalue weighted by Crippen LogP contribution is -2.39. The smallest absolute Gasteiger partial charge is 0.191 e. The van der Waals surface area contributed by atoms with E-state index in [1.54, 1.807) is 13.3 Å². The maximum absolute atomic E-state index is 5.29. The van der Waals surface area contributed by atoms with Gasteiger partial charge in [-0.2, -0.15) is 0 Å². The van der Waals surface area contributed by atoms with Crippen LogP contribution >= 0.6 is 33.9 Å². The van der Waals surface area contributed by atoms with Crippen molar-refractivity contribution >= 4 is 39.9 Å². The second-order valence-electron chi connectivity index (χ2n) is 4.21. The van der Waals surface area contributed by atoms with Crippen molar-refractivity contribution in [2.45, 2.75) is 12.8 Å². The summed E-state index contributed by atoms with van der Waals surface area (Å²) in [4.78, 5) is 5.61. The molecule has 2 aromatic rings. The number of furan rings is 1. The van der Waals surface area contributed by atoms with Gasteiger partial charge in [0.05, 0.1) is 9.15 Å². The Morgan fingerprint density at radius 3 is 2.65 bits per heavy atom. The van der Waals surface area contributed by atoms with Crippen LogP contribution in [-0.2, 0) is 12.8 Å². The monoisotopic (exact) mass is 403 g/mol. The fraction of sp³-hybridized carbons (Fsp3) is 0.357. The Hall–Kier alpha value is -1.02. The van der Waals surface area contributed by atoms with Gasteiger partial charge in [-0.05, 0) is 53.3 Å². The van der Waals surface area contributed by atoms with Gasteiger partial charge in [0.2, 0.25) is 0 Å². The number of nitrogens with zero attached hydrogens (tertiary/aromatic N) is 1. The molecule has 2 N–H and O–H groups in total. The van der Waals surface area contributed by atoms with E-state index in [-0.39, 0.29) is 0 Å². The fourth-order valence-corrected chi connectivity index (χ4v) is 3.52. The topological polar surface area (TPSA) is 49.6 Å². The third kappa shape index (κ3) is 5.16. The van der Waals surface area contributed by atoms with Gasteiger partial charge < -0.3 is 15.1 Å². The van der Waals surface area contributed by atoms with E-state index in [4.69, 9.17) is 4.42 Å². The van der Waals surface area contributed by atoms with E-state index in [1.807, 2.05) is 23.5 Å². The number of hydrogen-bond acceptors (Lipinski definition) is 3. The SMILES string of the molecule is CN=C(NCCc1ccco1)NCCc1ccc(I)s1. The number of nitrogens with one attached hydrogen (secondary N) is 2. The first-order valence-electron chi connectivity index (χ1n) is 6.49. The van der Waals surface area contributed by atoms with Crippen LogP contribution in [0.15, 0.2) is 39.9 Å². The zero-order chi connectivity index (χ0) is 14.2. The molecule has 0 bridgehead atoms. The molecule has 0 aromatic carbocycles. The van der Waals surface area contributed by atoms with Crippen molar-refractivity contribution in [2.24, 2.45) is 4.99 Å². The molecule has 2 heterocycles. The maximum Gasteiger partial charge on any atom is 0.191 e. The number of halogens is 1. The molecule has 0 amide bonds. The van der Waals surface area contributed by atoms with Gasteiger partial charge in [0.1, 0.15) is 5.76 Å². The van der Waals surface area contributed by atoms with Crippen molar-refractivity contribution in [1.29, 1.82) is 0 Å². The molecular weight excluding hydrogens is 385 g/mol. The summed E-state index contributed by atoms with van der Waals surface area (Å²) in [5, 5.41) is 6.60. The van der Waals surface area contributed by atoms with Crippen LogP contribution in [0.4, 0.5) is 0 Å². The summed E-state index contributed by atoms with van der Waals surface area (Å²) in [6, 6.07) is 8.22. The summed E-state index contributed by atoms with van der Waals surface area (Å²) in [6.45, 7) is 1.70. The molecule has 0 saturated carbocycles. The van der Waals surface area contributed by atoms with E-state index in [2.05, 4.69) is 50.3 Å². The van der Waals surface area contributed by atoms with Crippen LogP contribution in [0.25, 0.3) is 0 Å². The minimum absolute atomic E-state index is 0.810. The van der Waals surface area contributed by atoms with Gasteiger partial charge in [0, 0.05) is 31.4 Å². The van der Waals surface area contributed by atoms with E-state index in [0.717, 1.165) is 37.7 Å². The highest BCUT2D eigenvalue weighted by atomic mass is 127. The van der Waals surface area contributed by atoms with E-state index >= 15 is 0 Å². The third-order valence-electron chi connectivity index (χ3n) is 2.76. The lowest BCUT2D eigenvalue weighted by molar-refractivity contribution is 0.507. The molecule has 0 spiro atoms. The summed E-state index contributed by atoms with van der Waals surface area (Å²) >= 11 is 4.19. The number of aliphatic imine (C=N–C) groups is 1. The lowest BCUT2D eigenvalue weighted by atomic mass is 10.3. The molecule has 6 heteroatoms.